The minimum Gasteiger partial charge on any atom is -0.485 e. The molecule has 2 aromatic rings. The van der Waals surface area contributed by atoms with Gasteiger partial charge in [-0.15, -0.1) is 10.2 Å². The molecule has 0 aliphatic carbocycles. The van der Waals surface area contributed by atoms with Crippen LogP contribution < -0.4 is 9.47 Å². The second-order valence-electron chi connectivity index (χ2n) is 4.87. The Morgan fingerprint density at radius 3 is 3.00 bits per heavy atom. The smallest absolute Gasteiger partial charge is 0.192 e. The average molecular weight is 316 g/mol. The van der Waals surface area contributed by atoms with Crippen LogP contribution in [0.5, 0.6) is 11.5 Å². The zero-order valence-corrected chi connectivity index (χ0v) is 13.0. The minimum atomic E-state index is -0.263. The summed E-state index contributed by atoms with van der Waals surface area (Å²) in [5, 5.41) is 17.8. The van der Waals surface area contributed by atoms with E-state index in [0.717, 1.165) is 34.7 Å². The molecule has 0 bridgehead atoms. The van der Waals surface area contributed by atoms with Crippen LogP contribution in [0.4, 0.5) is 0 Å². The number of fused-ring (bicyclic) bond motifs is 1. The zero-order chi connectivity index (χ0) is 15.4. The van der Waals surface area contributed by atoms with Crippen LogP contribution in [0.3, 0.4) is 0 Å². The van der Waals surface area contributed by atoms with Gasteiger partial charge in [-0.1, -0.05) is 23.9 Å². The van der Waals surface area contributed by atoms with E-state index in [0.29, 0.717) is 13.0 Å². The van der Waals surface area contributed by atoms with Gasteiger partial charge in [-0.2, -0.15) is 5.26 Å². The summed E-state index contributed by atoms with van der Waals surface area (Å²) in [6.45, 7) is 0.419. The molecule has 1 aromatic carbocycles. The van der Waals surface area contributed by atoms with Crippen molar-refractivity contribution in [2.75, 3.05) is 12.4 Å². The Labute approximate surface area is 133 Å². The van der Waals surface area contributed by atoms with Crippen LogP contribution in [0, 0.1) is 11.3 Å². The summed E-state index contributed by atoms with van der Waals surface area (Å²) in [4.78, 5) is 0. The SMILES string of the molecule is Cn1c(SCCCC#N)nnc1[C@H]1COc2ccccc2O1. The van der Waals surface area contributed by atoms with Crippen molar-refractivity contribution < 1.29 is 9.47 Å². The molecular weight excluding hydrogens is 300 g/mol. The first kappa shape index (κ1) is 14.7. The average Bonchev–Trinajstić information content (AvgIpc) is 2.92. The predicted octanol–water partition coefficient (Wildman–Crippen LogP) is 2.72. The third-order valence-corrected chi connectivity index (χ3v) is 4.44. The molecule has 1 atom stereocenters. The molecule has 0 saturated carbocycles. The highest BCUT2D eigenvalue weighted by molar-refractivity contribution is 7.99. The van der Waals surface area contributed by atoms with Gasteiger partial charge in [-0.3, -0.25) is 0 Å². The maximum Gasteiger partial charge on any atom is 0.192 e. The van der Waals surface area contributed by atoms with Crippen LogP contribution in [-0.2, 0) is 7.05 Å². The van der Waals surface area contributed by atoms with E-state index in [2.05, 4.69) is 16.3 Å². The number of unbranched alkanes of at least 4 members (excludes halogenated alkanes) is 1. The van der Waals surface area contributed by atoms with Crippen molar-refractivity contribution in [3.63, 3.8) is 0 Å². The fourth-order valence-corrected chi connectivity index (χ4v) is 3.05. The van der Waals surface area contributed by atoms with Crippen LogP contribution in [0.15, 0.2) is 29.4 Å². The molecule has 22 heavy (non-hydrogen) atoms. The molecule has 1 aromatic heterocycles. The molecule has 0 amide bonds. The molecule has 0 unspecified atom stereocenters. The molecule has 1 aliphatic rings. The third-order valence-electron chi connectivity index (χ3n) is 3.33. The summed E-state index contributed by atoms with van der Waals surface area (Å²) in [6.07, 6.45) is 1.15. The summed E-state index contributed by atoms with van der Waals surface area (Å²) in [7, 11) is 1.92. The number of ether oxygens (including phenoxy) is 2. The molecule has 1 aliphatic heterocycles. The number of nitrogens with zero attached hydrogens (tertiary/aromatic N) is 4. The molecule has 0 radical (unpaired) electrons. The van der Waals surface area contributed by atoms with Crippen molar-refractivity contribution in [2.45, 2.75) is 24.1 Å². The second-order valence-corrected chi connectivity index (χ2v) is 5.94. The highest BCUT2D eigenvalue weighted by Crippen LogP contribution is 2.35. The van der Waals surface area contributed by atoms with E-state index in [4.69, 9.17) is 14.7 Å². The van der Waals surface area contributed by atoms with E-state index < -0.39 is 0 Å². The number of para-hydroxylation sites is 2. The van der Waals surface area contributed by atoms with Crippen molar-refractivity contribution in [3.8, 4) is 17.6 Å². The largest absolute Gasteiger partial charge is 0.485 e. The number of aromatic nitrogens is 3. The van der Waals surface area contributed by atoms with E-state index in [1.165, 1.54) is 0 Å². The molecule has 0 spiro atoms. The third kappa shape index (κ3) is 3.02. The highest BCUT2D eigenvalue weighted by Gasteiger charge is 2.27. The Morgan fingerprint density at radius 2 is 2.18 bits per heavy atom. The van der Waals surface area contributed by atoms with E-state index in [1.54, 1.807) is 11.8 Å². The lowest BCUT2D eigenvalue weighted by Gasteiger charge is -2.25. The van der Waals surface area contributed by atoms with Crippen LogP contribution in [0.1, 0.15) is 24.8 Å². The Hall–Kier alpha value is -2.20. The Bertz CT molecular complexity index is 695. The molecular formula is C15H16N4O2S. The van der Waals surface area contributed by atoms with Gasteiger partial charge in [0.1, 0.15) is 6.61 Å². The molecule has 0 saturated heterocycles. The second kappa shape index (κ2) is 6.71. The van der Waals surface area contributed by atoms with Crippen LogP contribution >= 0.6 is 11.8 Å². The maximum absolute atomic E-state index is 8.55. The van der Waals surface area contributed by atoms with Gasteiger partial charge >= 0.3 is 0 Å². The summed E-state index contributed by atoms with van der Waals surface area (Å²) in [6, 6.07) is 9.75. The molecule has 7 heteroatoms. The van der Waals surface area contributed by atoms with Crippen LogP contribution in [0.2, 0.25) is 0 Å². The lowest BCUT2D eigenvalue weighted by atomic mass is 10.2. The van der Waals surface area contributed by atoms with Gasteiger partial charge in [0.25, 0.3) is 0 Å². The zero-order valence-electron chi connectivity index (χ0n) is 12.2. The number of hydrogen-bond acceptors (Lipinski definition) is 6. The normalized spacial score (nSPS) is 16.3. The number of thioether (sulfide) groups is 1. The maximum atomic E-state index is 8.55. The Morgan fingerprint density at radius 1 is 1.36 bits per heavy atom. The van der Waals surface area contributed by atoms with Crippen molar-refractivity contribution in [2.24, 2.45) is 7.05 Å². The van der Waals surface area contributed by atoms with Gasteiger partial charge < -0.3 is 14.0 Å². The summed E-state index contributed by atoms with van der Waals surface area (Å²) < 4.78 is 13.6. The van der Waals surface area contributed by atoms with E-state index in [9.17, 15) is 0 Å². The lowest BCUT2D eigenvalue weighted by Crippen LogP contribution is -2.24. The number of hydrogen-bond donors (Lipinski definition) is 0. The molecule has 3 rings (SSSR count). The van der Waals surface area contributed by atoms with Gasteiger partial charge in [-0.25, -0.2) is 0 Å². The summed E-state index contributed by atoms with van der Waals surface area (Å²) in [5.74, 6) is 3.08. The molecule has 0 N–H and O–H groups in total. The van der Waals surface area contributed by atoms with Crippen molar-refractivity contribution in [1.82, 2.24) is 14.8 Å². The first-order chi connectivity index (χ1) is 10.8. The topological polar surface area (TPSA) is 73.0 Å². The first-order valence-electron chi connectivity index (χ1n) is 7.07. The molecule has 114 valence electrons. The van der Waals surface area contributed by atoms with Crippen LogP contribution in [0.25, 0.3) is 0 Å². The predicted molar refractivity (Wildman–Crippen MR) is 81.9 cm³/mol. The van der Waals surface area contributed by atoms with Gasteiger partial charge in [0.15, 0.2) is 28.6 Å². The lowest BCUT2D eigenvalue weighted by molar-refractivity contribution is 0.0825. The summed E-state index contributed by atoms with van der Waals surface area (Å²) in [5.41, 5.74) is 0. The molecule has 2 heterocycles. The van der Waals surface area contributed by atoms with Crippen molar-refractivity contribution in [1.29, 1.82) is 5.26 Å². The van der Waals surface area contributed by atoms with Crippen molar-refractivity contribution in [3.05, 3.63) is 30.1 Å². The first-order valence-corrected chi connectivity index (χ1v) is 8.05. The number of rotatable bonds is 5. The molecule has 6 nitrogen and oxygen atoms in total. The molecule has 0 fully saturated rings. The van der Waals surface area contributed by atoms with Crippen LogP contribution in [-0.4, -0.2) is 27.1 Å². The highest BCUT2D eigenvalue weighted by atomic mass is 32.2. The monoisotopic (exact) mass is 316 g/mol. The van der Waals surface area contributed by atoms with Gasteiger partial charge in [0.2, 0.25) is 0 Å². The Kier molecular flexibility index (Phi) is 4.49. The fraction of sp³-hybridized carbons (Fsp3) is 0.400. The fourth-order valence-electron chi connectivity index (χ4n) is 2.19. The Balaban J connectivity index is 1.69. The summed E-state index contributed by atoms with van der Waals surface area (Å²) >= 11 is 1.60. The standard InChI is InChI=1S/C15H16N4O2S/c1-19-14(17-18-15(19)22-9-5-4-8-16)13-10-20-11-6-2-3-7-12(11)21-13/h2-3,6-7,13H,4-5,9-10H2,1H3/t13-/m1/s1. The number of nitriles is 1. The van der Waals surface area contributed by atoms with E-state index in [-0.39, 0.29) is 6.10 Å². The van der Waals surface area contributed by atoms with E-state index >= 15 is 0 Å². The van der Waals surface area contributed by atoms with Gasteiger partial charge in [-0.05, 0) is 18.6 Å². The minimum absolute atomic E-state index is 0.263. The van der Waals surface area contributed by atoms with Gasteiger partial charge in [0, 0.05) is 19.2 Å². The quantitative estimate of drug-likeness (QED) is 0.624. The van der Waals surface area contributed by atoms with Crippen molar-refractivity contribution >= 4 is 11.8 Å². The number of benzene rings is 1. The van der Waals surface area contributed by atoms with Gasteiger partial charge in [0.05, 0.1) is 6.07 Å². The van der Waals surface area contributed by atoms with E-state index in [1.807, 2.05) is 35.9 Å².